The summed E-state index contributed by atoms with van der Waals surface area (Å²) in [6, 6.07) is 18.4. The number of likely N-dealkylation sites (tertiary alicyclic amines) is 1. The van der Waals surface area contributed by atoms with E-state index in [1.165, 1.54) is 18.5 Å². The number of aromatic nitrogens is 4. The second-order valence-electron chi connectivity index (χ2n) is 13.1. The quantitative estimate of drug-likeness (QED) is 0.321. The van der Waals surface area contributed by atoms with Crippen molar-refractivity contribution in [3.05, 3.63) is 101 Å². The fourth-order valence-corrected chi connectivity index (χ4v) is 6.55. The van der Waals surface area contributed by atoms with E-state index in [-0.39, 0.29) is 73.0 Å². The topological polar surface area (TPSA) is 170 Å². The standard InChI is InChI=1S/C36H38N8O7/c1-22-15-42(16-23(2)50-22)36(48)28-11-27-12-30(13-28)49-20-33(45)37-14-24-5-9-29(10-6-24)51-32-19-43(18-31(32)39-34(27)46)35(47)26-7-3-25(4-8-26)17-44-21-38-40-41-44/h3-13,21-23,31-32H,14-20H2,1-2H3,(H,37,45)(H,39,46)/t22-,23+,31-,32-/m0/s1. The third-order valence-electron chi connectivity index (χ3n) is 9.00. The van der Waals surface area contributed by atoms with Crippen LogP contribution in [-0.4, -0.2) is 111 Å². The summed E-state index contributed by atoms with van der Waals surface area (Å²) in [7, 11) is 0. The molecular formula is C36H38N8O7. The van der Waals surface area contributed by atoms with Crippen LogP contribution in [0.15, 0.2) is 73.1 Å². The fraction of sp³-hybridized carbons (Fsp3) is 0.361. The average molecular weight is 695 g/mol. The Morgan fingerprint density at radius 3 is 2.29 bits per heavy atom. The molecule has 264 valence electrons. The lowest BCUT2D eigenvalue weighted by molar-refractivity contribution is -0.123. The van der Waals surface area contributed by atoms with Gasteiger partial charge in [0, 0.05) is 42.9 Å². The molecule has 51 heavy (non-hydrogen) atoms. The Morgan fingerprint density at radius 1 is 0.843 bits per heavy atom. The number of carbonyl (C=O) groups excluding carboxylic acids is 4. The zero-order chi connectivity index (χ0) is 35.5. The third kappa shape index (κ3) is 7.99. The first-order valence-corrected chi connectivity index (χ1v) is 16.8. The van der Waals surface area contributed by atoms with Crippen LogP contribution in [0.25, 0.3) is 0 Å². The Labute approximate surface area is 293 Å². The number of fused-ring (bicyclic) bond motifs is 7. The smallest absolute Gasteiger partial charge is 0.258 e. The minimum atomic E-state index is -0.594. The Kier molecular flexibility index (Phi) is 9.61. The van der Waals surface area contributed by atoms with Crippen LogP contribution < -0.4 is 20.1 Å². The van der Waals surface area contributed by atoms with Gasteiger partial charge in [0.15, 0.2) is 6.61 Å². The number of tetrazole rings is 1. The minimum Gasteiger partial charge on any atom is -0.486 e. The SMILES string of the molecule is C[C@@H]1CN(C(=O)c2cc3cc(c2)C(=O)N[C@H]2CN(C(=O)c4ccc(Cn5cnnn5)cc4)C[C@@H]2Oc2ccc(cc2)CNC(=O)CO3)C[C@H](C)O1. The van der Waals surface area contributed by atoms with E-state index in [1.54, 1.807) is 44.8 Å². The second-order valence-corrected chi connectivity index (χ2v) is 13.1. The zero-order valence-corrected chi connectivity index (χ0v) is 28.2. The molecule has 0 radical (unpaired) electrons. The van der Waals surface area contributed by atoms with Crippen molar-refractivity contribution >= 4 is 23.6 Å². The van der Waals surface area contributed by atoms with Crippen molar-refractivity contribution in [1.29, 1.82) is 0 Å². The van der Waals surface area contributed by atoms with Gasteiger partial charge in [-0.3, -0.25) is 19.2 Å². The number of benzene rings is 3. The number of hydrogen-bond donors (Lipinski definition) is 2. The summed E-state index contributed by atoms with van der Waals surface area (Å²) in [5.41, 5.74) is 2.67. The maximum absolute atomic E-state index is 14.0. The lowest BCUT2D eigenvalue weighted by atomic mass is 10.1. The molecule has 8 rings (SSSR count). The molecule has 5 heterocycles. The molecule has 2 saturated heterocycles. The molecule has 15 heteroatoms. The van der Waals surface area contributed by atoms with Crippen LogP contribution in [0.4, 0.5) is 0 Å². The number of morpholine rings is 1. The summed E-state index contributed by atoms with van der Waals surface area (Å²) in [5, 5.41) is 17.1. The summed E-state index contributed by atoms with van der Waals surface area (Å²) in [6.45, 7) is 5.41. The first kappa shape index (κ1) is 33.7. The van der Waals surface area contributed by atoms with Gasteiger partial charge in [-0.05, 0) is 77.9 Å². The van der Waals surface area contributed by atoms with E-state index in [2.05, 4.69) is 26.2 Å². The molecule has 3 aromatic carbocycles. The van der Waals surface area contributed by atoms with Crippen LogP contribution in [0, 0.1) is 0 Å². The lowest BCUT2D eigenvalue weighted by Gasteiger charge is -2.35. The summed E-state index contributed by atoms with van der Waals surface area (Å²) >= 11 is 0. The Bertz CT molecular complexity index is 1890. The first-order chi connectivity index (χ1) is 24.7. The van der Waals surface area contributed by atoms with Crippen molar-refractivity contribution in [2.24, 2.45) is 0 Å². The maximum atomic E-state index is 14.0. The largest absolute Gasteiger partial charge is 0.486 e. The van der Waals surface area contributed by atoms with Gasteiger partial charge in [-0.15, -0.1) is 5.10 Å². The van der Waals surface area contributed by atoms with Gasteiger partial charge < -0.3 is 34.6 Å². The predicted molar refractivity (Wildman–Crippen MR) is 181 cm³/mol. The number of carbonyl (C=O) groups is 4. The molecule has 2 fully saturated rings. The molecule has 4 aliphatic heterocycles. The molecule has 0 aliphatic carbocycles. The van der Waals surface area contributed by atoms with Crippen LogP contribution in [0.3, 0.4) is 0 Å². The van der Waals surface area contributed by atoms with Crippen molar-refractivity contribution in [2.45, 2.75) is 51.3 Å². The number of amides is 4. The van der Waals surface area contributed by atoms with Gasteiger partial charge in [0.2, 0.25) is 0 Å². The predicted octanol–water partition coefficient (Wildman–Crippen LogP) is 1.68. The third-order valence-corrected chi connectivity index (χ3v) is 9.00. The number of rotatable bonds is 4. The molecule has 2 N–H and O–H groups in total. The van der Waals surface area contributed by atoms with E-state index >= 15 is 0 Å². The molecule has 4 bridgehead atoms. The summed E-state index contributed by atoms with van der Waals surface area (Å²) < 4.78 is 19.6. The van der Waals surface area contributed by atoms with Gasteiger partial charge in [-0.2, -0.15) is 0 Å². The van der Waals surface area contributed by atoms with Crippen molar-refractivity contribution in [2.75, 3.05) is 32.8 Å². The molecule has 15 nitrogen and oxygen atoms in total. The van der Waals surface area contributed by atoms with Gasteiger partial charge in [0.1, 0.15) is 23.9 Å². The van der Waals surface area contributed by atoms with Gasteiger partial charge >= 0.3 is 0 Å². The molecule has 4 atom stereocenters. The lowest BCUT2D eigenvalue weighted by Crippen LogP contribution is -2.48. The fourth-order valence-electron chi connectivity index (χ4n) is 6.55. The van der Waals surface area contributed by atoms with Gasteiger partial charge in [0.05, 0.1) is 31.3 Å². The molecule has 1 aromatic heterocycles. The van der Waals surface area contributed by atoms with E-state index in [1.807, 2.05) is 38.1 Å². The first-order valence-electron chi connectivity index (χ1n) is 16.8. The van der Waals surface area contributed by atoms with Crippen LogP contribution in [0.5, 0.6) is 11.5 Å². The summed E-state index contributed by atoms with van der Waals surface area (Å²) in [5.74, 6) is -0.590. The van der Waals surface area contributed by atoms with Crippen molar-refractivity contribution in [1.82, 2.24) is 40.6 Å². The minimum absolute atomic E-state index is 0.152. The summed E-state index contributed by atoms with van der Waals surface area (Å²) in [4.78, 5) is 57.4. The highest BCUT2D eigenvalue weighted by molar-refractivity contribution is 6.01. The van der Waals surface area contributed by atoms with Crippen molar-refractivity contribution in [3.63, 3.8) is 0 Å². The van der Waals surface area contributed by atoms with E-state index in [0.717, 1.165) is 11.1 Å². The Morgan fingerprint density at radius 2 is 1.57 bits per heavy atom. The van der Waals surface area contributed by atoms with E-state index in [9.17, 15) is 19.2 Å². The number of nitrogens with one attached hydrogen (secondary N) is 2. The second kappa shape index (κ2) is 14.6. The molecular weight excluding hydrogens is 656 g/mol. The Balaban J connectivity index is 1.15. The summed E-state index contributed by atoms with van der Waals surface area (Å²) in [6.07, 6.45) is 0.628. The molecule has 4 amide bonds. The van der Waals surface area contributed by atoms with Crippen molar-refractivity contribution < 1.29 is 33.4 Å². The highest BCUT2D eigenvalue weighted by Crippen LogP contribution is 2.25. The highest BCUT2D eigenvalue weighted by atomic mass is 16.5. The van der Waals surface area contributed by atoms with Crippen molar-refractivity contribution in [3.8, 4) is 11.5 Å². The van der Waals surface area contributed by atoms with Crippen LogP contribution in [0.2, 0.25) is 0 Å². The van der Waals surface area contributed by atoms with E-state index in [4.69, 9.17) is 14.2 Å². The molecule has 0 spiro atoms. The van der Waals surface area contributed by atoms with E-state index in [0.29, 0.717) is 30.9 Å². The van der Waals surface area contributed by atoms with Crippen LogP contribution in [0.1, 0.15) is 56.0 Å². The van der Waals surface area contributed by atoms with Crippen LogP contribution in [-0.2, 0) is 22.6 Å². The van der Waals surface area contributed by atoms with Gasteiger partial charge in [-0.1, -0.05) is 24.3 Å². The number of hydrogen-bond acceptors (Lipinski definition) is 10. The Hall–Kier alpha value is -5.83. The molecule has 4 aliphatic rings. The number of nitrogens with zero attached hydrogens (tertiary/aromatic N) is 6. The number of ether oxygens (including phenoxy) is 3. The van der Waals surface area contributed by atoms with Crippen LogP contribution >= 0.6 is 0 Å². The van der Waals surface area contributed by atoms with Gasteiger partial charge in [-0.25, -0.2) is 4.68 Å². The monoisotopic (exact) mass is 694 g/mol. The zero-order valence-electron chi connectivity index (χ0n) is 28.2. The molecule has 4 aromatic rings. The molecule has 0 saturated carbocycles. The normalized spacial score (nSPS) is 22.2. The average Bonchev–Trinajstić information content (AvgIpc) is 3.79. The highest BCUT2D eigenvalue weighted by Gasteiger charge is 2.39. The molecule has 0 unspecified atom stereocenters. The van der Waals surface area contributed by atoms with E-state index < -0.39 is 18.1 Å². The maximum Gasteiger partial charge on any atom is 0.258 e. The van der Waals surface area contributed by atoms with Gasteiger partial charge in [0.25, 0.3) is 23.6 Å².